The Labute approximate surface area is 98.4 Å². The molecular weight excluding hydrogens is 200 g/mol. The molecule has 1 amide bonds. The third kappa shape index (κ3) is 2.97. The van der Waals surface area contributed by atoms with Crippen molar-refractivity contribution in [1.82, 2.24) is 10.6 Å². The Morgan fingerprint density at radius 1 is 1.12 bits per heavy atom. The van der Waals surface area contributed by atoms with Crippen LogP contribution in [0.5, 0.6) is 0 Å². The fourth-order valence-electron chi connectivity index (χ4n) is 2.89. The Balaban J connectivity index is 1.81. The first kappa shape index (κ1) is 11.9. The van der Waals surface area contributed by atoms with Crippen molar-refractivity contribution in [3.8, 4) is 0 Å². The summed E-state index contributed by atoms with van der Waals surface area (Å²) in [4.78, 5) is 12.1. The Bertz CT molecular complexity index is 234. The van der Waals surface area contributed by atoms with Crippen molar-refractivity contribution < 1.29 is 4.79 Å². The second-order valence-corrected chi connectivity index (χ2v) is 5.44. The molecule has 2 rings (SSSR count). The molecule has 2 aliphatic rings. The van der Waals surface area contributed by atoms with Crippen molar-refractivity contribution in [2.75, 3.05) is 13.1 Å². The number of carbonyl (C=O) groups excluding carboxylic acids is 1. The molecule has 0 bridgehead atoms. The lowest BCUT2D eigenvalue weighted by atomic mass is 9.96. The van der Waals surface area contributed by atoms with E-state index in [-0.39, 0.29) is 11.8 Å². The van der Waals surface area contributed by atoms with Crippen LogP contribution in [0.1, 0.15) is 45.4 Å². The summed E-state index contributed by atoms with van der Waals surface area (Å²) in [5.41, 5.74) is 0. The molecule has 0 spiro atoms. The van der Waals surface area contributed by atoms with Gasteiger partial charge in [0.15, 0.2) is 0 Å². The molecule has 2 unspecified atom stereocenters. The number of hydrogen-bond donors (Lipinski definition) is 2. The van der Waals surface area contributed by atoms with Gasteiger partial charge in [-0.25, -0.2) is 0 Å². The molecule has 16 heavy (non-hydrogen) atoms. The fraction of sp³-hybridized carbons (Fsp3) is 0.923. The molecule has 1 aliphatic heterocycles. The zero-order valence-corrected chi connectivity index (χ0v) is 10.3. The maximum Gasteiger partial charge on any atom is 0.224 e. The van der Waals surface area contributed by atoms with E-state index in [1.54, 1.807) is 0 Å². The predicted octanol–water partition coefficient (Wildman–Crippen LogP) is 1.68. The van der Waals surface area contributed by atoms with Crippen LogP contribution in [0.15, 0.2) is 0 Å². The van der Waals surface area contributed by atoms with Crippen LogP contribution in [0.4, 0.5) is 0 Å². The highest BCUT2D eigenvalue weighted by atomic mass is 16.2. The third-order valence-corrected chi connectivity index (χ3v) is 4.06. The molecule has 3 nitrogen and oxygen atoms in total. The number of carbonyl (C=O) groups is 1. The monoisotopic (exact) mass is 224 g/mol. The highest BCUT2D eigenvalue weighted by Gasteiger charge is 2.30. The van der Waals surface area contributed by atoms with E-state index < -0.39 is 0 Å². The summed E-state index contributed by atoms with van der Waals surface area (Å²) in [6.07, 6.45) is 7.61. The van der Waals surface area contributed by atoms with Gasteiger partial charge in [-0.05, 0) is 25.3 Å². The van der Waals surface area contributed by atoms with Gasteiger partial charge >= 0.3 is 0 Å². The van der Waals surface area contributed by atoms with E-state index in [9.17, 15) is 4.79 Å². The molecule has 92 valence electrons. The van der Waals surface area contributed by atoms with Gasteiger partial charge in [-0.1, -0.05) is 32.6 Å². The predicted molar refractivity (Wildman–Crippen MR) is 65.2 cm³/mol. The van der Waals surface area contributed by atoms with E-state index in [2.05, 4.69) is 17.6 Å². The summed E-state index contributed by atoms with van der Waals surface area (Å²) in [5, 5.41) is 6.54. The van der Waals surface area contributed by atoms with Gasteiger partial charge in [0.2, 0.25) is 5.91 Å². The Kier molecular flexibility index (Phi) is 4.22. The second-order valence-electron chi connectivity index (χ2n) is 5.44. The molecule has 0 radical (unpaired) electrons. The van der Waals surface area contributed by atoms with Crippen molar-refractivity contribution in [2.45, 2.75) is 51.5 Å². The summed E-state index contributed by atoms with van der Waals surface area (Å²) >= 11 is 0. The molecule has 2 N–H and O–H groups in total. The molecule has 1 aliphatic carbocycles. The van der Waals surface area contributed by atoms with E-state index in [0.717, 1.165) is 13.1 Å². The van der Waals surface area contributed by atoms with Crippen LogP contribution in [0.25, 0.3) is 0 Å². The van der Waals surface area contributed by atoms with Crippen molar-refractivity contribution >= 4 is 5.91 Å². The van der Waals surface area contributed by atoms with Crippen molar-refractivity contribution in [3.63, 3.8) is 0 Å². The molecular formula is C13H24N2O. The average Bonchev–Trinajstić information content (AvgIpc) is 2.53. The van der Waals surface area contributed by atoms with Gasteiger partial charge in [0.1, 0.15) is 0 Å². The molecule has 1 saturated heterocycles. The van der Waals surface area contributed by atoms with E-state index in [4.69, 9.17) is 0 Å². The SMILES string of the molecule is CC1CNCC1C(=O)NC1CCCCCC1. The average molecular weight is 224 g/mol. The highest BCUT2D eigenvalue weighted by Crippen LogP contribution is 2.20. The van der Waals surface area contributed by atoms with Gasteiger partial charge in [0, 0.05) is 12.6 Å². The molecule has 1 heterocycles. The van der Waals surface area contributed by atoms with Gasteiger partial charge in [0.05, 0.1) is 5.92 Å². The number of amides is 1. The van der Waals surface area contributed by atoms with Crippen LogP contribution < -0.4 is 10.6 Å². The van der Waals surface area contributed by atoms with Crippen LogP contribution >= 0.6 is 0 Å². The molecule has 0 aromatic carbocycles. The van der Waals surface area contributed by atoms with E-state index >= 15 is 0 Å². The first-order valence-electron chi connectivity index (χ1n) is 6.78. The Hall–Kier alpha value is -0.570. The first-order valence-corrected chi connectivity index (χ1v) is 6.78. The third-order valence-electron chi connectivity index (χ3n) is 4.06. The Morgan fingerprint density at radius 2 is 1.81 bits per heavy atom. The van der Waals surface area contributed by atoms with E-state index in [1.807, 2.05) is 0 Å². The lowest BCUT2D eigenvalue weighted by molar-refractivity contribution is -0.126. The molecule has 1 saturated carbocycles. The summed E-state index contributed by atoms with van der Waals surface area (Å²) < 4.78 is 0. The molecule has 0 aromatic rings. The maximum absolute atomic E-state index is 12.1. The van der Waals surface area contributed by atoms with Crippen LogP contribution in [-0.4, -0.2) is 25.0 Å². The van der Waals surface area contributed by atoms with E-state index in [0.29, 0.717) is 12.0 Å². The van der Waals surface area contributed by atoms with Gasteiger partial charge in [-0.3, -0.25) is 4.79 Å². The molecule has 2 atom stereocenters. The van der Waals surface area contributed by atoms with Crippen LogP contribution in [0, 0.1) is 11.8 Å². The highest BCUT2D eigenvalue weighted by molar-refractivity contribution is 5.79. The Morgan fingerprint density at radius 3 is 2.38 bits per heavy atom. The summed E-state index contributed by atoms with van der Waals surface area (Å²) in [6, 6.07) is 0.447. The molecule has 3 heteroatoms. The minimum atomic E-state index is 0.197. The maximum atomic E-state index is 12.1. The lowest BCUT2D eigenvalue weighted by Gasteiger charge is -2.20. The van der Waals surface area contributed by atoms with Gasteiger partial charge in [-0.15, -0.1) is 0 Å². The lowest BCUT2D eigenvalue weighted by Crippen LogP contribution is -2.40. The van der Waals surface area contributed by atoms with Crippen molar-refractivity contribution in [3.05, 3.63) is 0 Å². The van der Waals surface area contributed by atoms with Crippen LogP contribution in [0.3, 0.4) is 0 Å². The minimum Gasteiger partial charge on any atom is -0.353 e. The zero-order chi connectivity index (χ0) is 11.4. The largest absolute Gasteiger partial charge is 0.353 e. The standard InChI is InChI=1S/C13H24N2O/c1-10-8-14-9-12(10)13(16)15-11-6-4-2-3-5-7-11/h10-12,14H,2-9H2,1H3,(H,15,16). The summed E-state index contributed by atoms with van der Waals surface area (Å²) in [6.45, 7) is 4.01. The first-order chi connectivity index (χ1) is 7.77. The van der Waals surface area contributed by atoms with Crippen LogP contribution in [-0.2, 0) is 4.79 Å². The number of nitrogens with one attached hydrogen (secondary N) is 2. The van der Waals surface area contributed by atoms with Gasteiger partial charge in [-0.2, -0.15) is 0 Å². The van der Waals surface area contributed by atoms with Gasteiger partial charge in [0.25, 0.3) is 0 Å². The smallest absolute Gasteiger partial charge is 0.224 e. The number of rotatable bonds is 2. The topological polar surface area (TPSA) is 41.1 Å². The molecule has 2 fully saturated rings. The van der Waals surface area contributed by atoms with Crippen LogP contribution in [0.2, 0.25) is 0 Å². The molecule has 0 aromatic heterocycles. The normalized spacial score (nSPS) is 32.3. The van der Waals surface area contributed by atoms with Crippen molar-refractivity contribution in [2.24, 2.45) is 11.8 Å². The summed E-state index contributed by atoms with van der Waals surface area (Å²) in [5.74, 6) is 0.971. The van der Waals surface area contributed by atoms with Crippen molar-refractivity contribution in [1.29, 1.82) is 0 Å². The van der Waals surface area contributed by atoms with Gasteiger partial charge < -0.3 is 10.6 Å². The second kappa shape index (κ2) is 5.67. The van der Waals surface area contributed by atoms with E-state index in [1.165, 1.54) is 38.5 Å². The fourth-order valence-corrected chi connectivity index (χ4v) is 2.89. The number of hydrogen-bond acceptors (Lipinski definition) is 2. The summed E-state index contributed by atoms with van der Waals surface area (Å²) in [7, 11) is 0. The quantitative estimate of drug-likeness (QED) is 0.701. The zero-order valence-electron chi connectivity index (χ0n) is 10.3. The minimum absolute atomic E-state index is 0.197.